The quantitative estimate of drug-likeness (QED) is 0.572. The number of nitrogens with zero attached hydrogens (tertiary/aromatic N) is 1. The Morgan fingerprint density at radius 1 is 1.30 bits per heavy atom. The van der Waals surface area contributed by atoms with E-state index in [0.29, 0.717) is 41.7 Å². The summed E-state index contributed by atoms with van der Waals surface area (Å²) in [6, 6.07) is 10.1. The number of urea groups is 1. The Morgan fingerprint density at radius 3 is 2.83 bits per heavy atom. The highest BCUT2D eigenvalue weighted by Crippen LogP contribution is 2.30. The van der Waals surface area contributed by atoms with Gasteiger partial charge in [-0.1, -0.05) is 23.7 Å². The van der Waals surface area contributed by atoms with Crippen LogP contribution in [0.4, 0.5) is 4.79 Å². The number of esters is 1. The first kappa shape index (κ1) is 22.1. The average molecular weight is 450 g/mol. The second-order valence-electron chi connectivity index (χ2n) is 6.70. The molecule has 0 saturated carbocycles. The number of halogens is 1. The summed E-state index contributed by atoms with van der Waals surface area (Å²) in [6.45, 7) is 3.39. The van der Waals surface area contributed by atoms with Crippen molar-refractivity contribution in [3.63, 3.8) is 0 Å². The normalized spacial score (nSPS) is 16.3. The molecule has 0 spiro atoms. The maximum Gasteiger partial charge on any atom is 0.338 e. The first-order valence-corrected chi connectivity index (χ1v) is 10.8. The monoisotopic (exact) mass is 449 g/mol. The summed E-state index contributed by atoms with van der Waals surface area (Å²) in [5, 5.41) is 8.13. The van der Waals surface area contributed by atoms with E-state index in [1.54, 1.807) is 19.1 Å². The van der Waals surface area contributed by atoms with E-state index in [0.717, 1.165) is 4.88 Å². The van der Waals surface area contributed by atoms with E-state index in [2.05, 4.69) is 10.6 Å². The van der Waals surface area contributed by atoms with Gasteiger partial charge in [0.1, 0.15) is 12.4 Å². The fraction of sp³-hybridized carbons (Fsp3) is 0.333. The highest BCUT2D eigenvalue weighted by Gasteiger charge is 2.34. The lowest BCUT2D eigenvalue weighted by molar-refractivity contribution is -0.139. The molecule has 1 aromatic carbocycles. The fourth-order valence-corrected chi connectivity index (χ4v) is 4.05. The Kier molecular flexibility index (Phi) is 7.73. The summed E-state index contributed by atoms with van der Waals surface area (Å²) in [4.78, 5) is 27.8. The van der Waals surface area contributed by atoms with Gasteiger partial charge in [0.05, 0.1) is 18.2 Å². The maximum atomic E-state index is 12.7. The summed E-state index contributed by atoms with van der Waals surface area (Å²) >= 11 is 7.45. The molecule has 2 amide bonds. The summed E-state index contributed by atoms with van der Waals surface area (Å²) < 4.78 is 11.0. The minimum atomic E-state index is -0.538. The number of ether oxygens (including phenoxy) is 2. The fourth-order valence-electron chi connectivity index (χ4n) is 3.09. The zero-order chi connectivity index (χ0) is 21.5. The molecule has 0 unspecified atom stereocenters. The molecule has 0 fully saturated rings. The van der Waals surface area contributed by atoms with Crippen molar-refractivity contribution in [2.75, 3.05) is 33.4 Å². The van der Waals surface area contributed by atoms with Crippen molar-refractivity contribution in [3.05, 3.63) is 62.9 Å². The first-order valence-electron chi connectivity index (χ1n) is 9.56. The van der Waals surface area contributed by atoms with Crippen LogP contribution in [-0.4, -0.2) is 50.3 Å². The number of nitrogens with one attached hydrogen (secondary N) is 2. The van der Waals surface area contributed by atoms with Crippen molar-refractivity contribution in [2.45, 2.75) is 13.0 Å². The lowest BCUT2D eigenvalue weighted by Crippen LogP contribution is -2.48. The maximum absolute atomic E-state index is 12.7. The minimum absolute atomic E-state index is 0.254. The number of benzene rings is 1. The zero-order valence-electron chi connectivity index (χ0n) is 16.8. The van der Waals surface area contributed by atoms with Gasteiger partial charge in [-0.2, -0.15) is 0 Å². The van der Waals surface area contributed by atoms with Crippen LogP contribution in [-0.2, 0) is 9.53 Å². The molecule has 3 rings (SSSR count). The van der Waals surface area contributed by atoms with Crippen molar-refractivity contribution in [2.24, 2.45) is 0 Å². The molecule has 1 atom stereocenters. The van der Waals surface area contributed by atoms with Crippen LogP contribution >= 0.6 is 22.9 Å². The van der Waals surface area contributed by atoms with Crippen LogP contribution in [0.25, 0.3) is 0 Å². The van der Waals surface area contributed by atoms with E-state index in [4.69, 9.17) is 21.1 Å². The molecule has 0 radical (unpaired) electrons. The second kappa shape index (κ2) is 10.5. The number of amides is 2. The van der Waals surface area contributed by atoms with Gasteiger partial charge in [-0.25, -0.2) is 9.59 Å². The van der Waals surface area contributed by atoms with Crippen LogP contribution in [0.1, 0.15) is 17.8 Å². The van der Waals surface area contributed by atoms with Gasteiger partial charge >= 0.3 is 12.0 Å². The van der Waals surface area contributed by atoms with Gasteiger partial charge in [0, 0.05) is 28.7 Å². The molecule has 0 saturated heterocycles. The third kappa shape index (κ3) is 5.75. The van der Waals surface area contributed by atoms with E-state index in [1.807, 2.05) is 41.6 Å². The van der Waals surface area contributed by atoms with Crippen molar-refractivity contribution in [1.29, 1.82) is 0 Å². The molecule has 2 heterocycles. The largest absolute Gasteiger partial charge is 0.492 e. The molecule has 1 aromatic heterocycles. The molecule has 9 heteroatoms. The predicted molar refractivity (Wildman–Crippen MR) is 117 cm³/mol. The first-order chi connectivity index (χ1) is 14.5. The van der Waals surface area contributed by atoms with Gasteiger partial charge in [0.15, 0.2) is 0 Å². The van der Waals surface area contributed by atoms with Gasteiger partial charge < -0.3 is 20.1 Å². The highest BCUT2D eigenvalue weighted by molar-refractivity contribution is 7.10. The predicted octanol–water partition coefficient (Wildman–Crippen LogP) is 3.58. The number of likely N-dealkylation sites (N-methyl/N-ethyl adjacent to an activating group) is 1. The standard InChI is InChI=1S/C21H24ClN3O4S/c1-3-28-20(26)18-16(23-21(27)24-19(18)17-8-5-11-30-17)13-25(2)9-10-29-15-7-4-6-14(22)12-15/h4-8,11-12,19H,3,9-10,13H2,1-2H3,(H2,23,24,27)/t19-/m1/s1. The SMILES string of the molecule is CCOC(=O)C1=C(CN(C)CCOc2cccc(Cl)c2)NC(=O)N[C@@H]1c1cccs1. The third-order valence-electron chi connectivity index (χ3n) is 4.44. The Balaban J connectivity index is 1.72. The molecule has 30 heavy (non-hydrogen) atoms. The molecule has 2 N–H and O–H groups in total. The Labute approximate surface area is 184 Å². The van der Waals surface area contributed by atoms with Crippen LogP contribution in [0, 0.1) is 0 Å². The molecule has 1 aliphatic heterocycles. The van der Waals surface area contributed by atoms with E-state index in [1.165, 1.54) is 11.3 Å². The molecular formula is C21H24ClN3O4S. The van der Waals surface area contributed by atoms with Gasteiger partial charge in [0.2, 0.25) is 0 Å². The highest BCUT2D eigenvalue weighted by atomic mass is 35.5. The summed E-state index contributed by atoms with van der Waals surface area (Å²) in [6.07, 6.45) is 0. The van der Waals surface area contributed by atoms with E-state index >= 15 is 0 Å². The van der Waals surface area contributed by atoms with Crippen molar-refractivity contribution >= 4 is 34.9 Å². The van der Waals surface area contributed by atoms with Crippen LogP contribution in [0.3, 0.4) is 0 Å². The summed E-state index contributed by atoms with van der Waals surface area (Å²) in [7, 11) is 1.89. The van der Waals surface area contributed by atoms with Crippen LogP contribution in [0.2, 0.25) is 5.02 Å². The van der Waals surface area contributed by atoms with Crippen LogP contribution < -0.4 is 15.4 Å². The van der Waals surface area contributed by atoms with Gasteiger partial charge in [-0.05, 0) is 43.6 Å². The number of hydrogen-bond acceptors (Lipinski definition) is 6. The van der Waals surface area contributed by atoms with Crippen molar-refractivity contribution < 1.29 is 19.1 Å². The minimum Gasteiger partial charge on any atom is -0.492 e. The Morgan fingerprint density at radius 2 is 2.13 bits per heavy atom. The number of carbonyl (C=O) groups is 2. The molecule has 0 aliphatic carbocycles. The topological polar surface area (TPSA) is 79.9 Å². The second-order valence-corrected chi connectivity index (χ2v) is 8.12. The van der Waals surface area contributed by atoms with Crippen molar-refractivity contribution in [1.82, 2.24) is 15.5 Å². The van der Waals surface area contributed by atoms with Gasteiger partial charge in [0.25, 0.3) is 0 Å². The lowest BCUT2D eigenvalue weighted by atomic mass is 10.0. The van der Waals surface area contributed by atoms with Crippen molar-refractivity contribution in [3.8, 4) is 5.75 Å². The number of rotatable bonds is 9. The molecule has 0 bridgehead atoms. The molecule has 160 valence electrons. The van der Waals surface area contributed by atoms with E-state index in [9.17, 15) is 9.59 Å². The average Bonchev–Trinajstić information content (AvgIpc) is 3.22. The number of thiophene rings is 1. The smallest absolute Gasteiger partial charge is 0.338 e. The number of carbonyl (C=O) groups excluding carboxylic acids is 2. The summed E-state index contributed by atoms with van der Waals surface area (Å²) in [5.74, 6) is 0.247. The lowest BCUT2D eigenvalue weighted by Gasteiger charge is -2.30. The van der Waals surface area contributed by atoms with Crippen LogP contribution in [0.15, 0.2) is 53.0 Å². The summed E-state index contributed by atoms with van der Waals surface area (Å²) in [5.41, 5.74) is 0.947. The zero-order valence-corrected chi connectivity index (χ0v) is 18.4. The van der Waals surface area contributed by atoms with Gasteiger partial charge in [-0.3, -0.25) is 4.90 Å². The number of hydrogen-bond donors (Lipinski definition) is 2. The van der Waals surface area contributed by atoms with Crippen LogP contribution in [0.5, 0.6) is 5.75 Å². The molecule has 1 aliphatic rings. The molecule has 2 aromatic rings. The Hall–Kier alpha value is -2.55. The third-order valence-corrected chi connectivity index (χ3v) is 5.61. The Bertz CT molecular complexity index is 917. The van der Waals surface area contributed by atoms with E-state index in [-0.39, 0.29) is 12.6 Å². The molecular weight excluding hydrogens is 426 g/mol. The molecule has 7 nitrogen and oxygen atoms in total. The van der Waals surface area contributed by atoms with Gasteiger partial charge in [-0.15, -0.1) is 11.3 Å². The van der Waals surface area contributed by atoms with E-state index < -0.39 is 12.0 Å².